The van der Waals surface area contributed by atoms with Crippen LogP contribution >= 0.6 is 0 Å². The van der Waals surface area contributed by atoms with Gasteiger partial charge in [0, 0.05) is 17.3 Å². The summed E-state index contributed by atoms with van der Waals surface area (Å²) in [6.45, 7) is 5.88. The maximum Gasteiger partial charge on any atom is 0.416 e. The van der Waals surface area contributed by atoms with Crippen molar-refractivity contribution in [3.8, 4) is 17.0 Å². The summed E-state index contributed by atoms with van der Waals surface area (Å²) in [5, 5.41) is 3.38. The molecular weight excluding hydrogens is 500 g/mol. The number of benzene rings is 2. The topological polar surface area (TPSA) is 55.6 Å². The molecule has 0 atom stereocenters. The number of alkyl halides is 6. The molecule has 0 saturated carbocycles. The third kappa shape index (κ3) is 5.87. The fraction of sp³-hybridized carbons (Fsp3) is 0.231. The van der Waals surface area contributed by atoms with Gasteiger partial charge >= 0.3 is 18.3 Å². The number of nitrogens with one attached hydrogen (secondary N) is 1. The van der Waals surface area contributed by atoms with Crippen molar-refractivity contribution < 1.29 is 35.9 Å². The van der Waals surface area contributed by atoms with Crippen LogP contribution in [0.15, 0.2) is 66.9 Å². The number of carbonyl (C=O) groups is 1. The molecule has 0 bridgehead atoms. The van der Waals surface area contributed by atoms with E-state index in [9.17, 15) is 31.1 Å². The minimum Gasteiger partial charge on any atom is -0.423 e. The Hall–Kier alpha value is -4.02. The van der Waals surface area contributed by atoms with Gasteiger partial charge in [-0.2, -0.15) is 26.3 Å². The molecule has 4 rings (SSSR count). The Balaban J connectivity index is 1.71. The van der Waals surface area contributed by atoms with Gasteiger partial charge in [-0.3, -0.25) is 4.40 Å². The summed E-state index contributed by atoms with van der Waals surface area (Å²) in [5.41, 5.74) is -2.77. The molecule has 2 heterocycles. The first-order valence-corrected chi connectivity index (χ1v) is 11.0. The highest BCUT2D eigenvalue weighted by Crippen LogP contribution is 2.37. The fourth-order valence-electron chi connectivity index (χ4n) is 3.62. The molecule has 0 saturated heterocycles. The molecule has 37 heavy (non-hydrogen) atoms. The summed E-state index contributed by atoms with van der Waals surface area (Å²) in [6.07, 6.45) is -8.36. The molecular formula is C26H21F6N3O2. The molecule has 0 fully saturated rings. The fourth-order valence-corrected chi connectivity index (χ4v) is 3.62. The molecule has 0 spiro atoms. The number of nitrogens with zero attached hydrogens (tertiary/aromatic N) is 2. The molecule has 0 aliphatic carbocycles. The lowest BCUT2D eigenvalue weighted by atomic mass is 10.0. The lowest BCUT2D eigenvalue weighted by Crippen LogP contribution is -2.27. The standard InChI is InChI=1S/C26H21F6N3O2/c1-24(2,3)34-22-21(33-20-9-4-5-10-35(20)22)15-7-6-8-19(13-15)37-23(36)16-11-17(25(27,28)29)14-18(12-16)26(30,31)32/h4-14,34H,1-3H3. The molecule has 194 valence electrons. The Kier molecular flexibility index (Phi) is 6.43. The van der Waals surface area contributed by atoms with E-state index in [1.807, 2.05) is 43.5 Å². The number of imidazole rings is 1. The van der Waals surface area contributed by atoms with Crippen molar-refractivity contribution in [3.63, 3.8) is 0 Å². The largest absolute Gasteiger partial charge is 0.423 e. The maximum atomic E-state index is 13.2. The summed E-state index contributed by atoms with van der Waals surface area (Å²) in [5.74, 6) is -0.789. The van der Waals surface area contributed by atoms with Crippen LogP contribution in [-0.2, 0) is 12.4 Å². The predicted molar refractivity (Wildman–Crippen MR) is 125 cm³/mol. The van der Waals surface area contributed by atoms with E-state index in [1.54, 1.807) is 12.1 Å². The number of hydrogen-bond donors (Lipinski definition) is 1. The second-order valence-corrected chi connectivity index (χ2v) is 9.32. The molecule has 0 unspecified atom stereocenters. The van der Waals surface area contributed by atoms with E-state index in [-0.39, 0.29) is 17.4 Å². The minimum absolute atomic E-state index is 0.0510. The van der Waals surface area contributed by atoms with Gasteiger partial charge in [0.05, 0.1) is 16.7 Å². The summed E-state index contributed by atoms with van der Waals surface area (Å²) in [6, 6.07) is 12.1. The van der Waals surface area contributed by atoms with Crippen LogP contribution in [0.3, 0.4) is 0 Å². The van der Waals surface area contributed by atoms with Crippen LogP contribution in [0.4, 0.5) is 32.2 Å². The minimum atomic E-state index is -5.09. The molecule has 2 aromatic carbocycles. The van der Waals surface area contributed by atoms with Crippen molar-refractivity contribution in [3.05, 3.63) is 83.6 Å². The van der Waals surface area contributed by atoms with Gasteiger partial charge < -0.3 is 10.1 Å². The molecule has 2 aromatic heterocycles. The number of aromatic nitrogens is 2. The third-order valence-electron chi connectivity index (χ3n) is 5.16. The van der Waals surface area contributed by atoms with E-state index >= 15 is 0 Å². The number of esters is 1. The highest BCUT2D eigenvalue weighted by molar-refractivity contribution is 5.92. The average molecular weight is 521 g/mol. The van der Waals surface area contributed by atoms with Crippen molar-refractivity contribution >= 4 is 17.4 Å². The number of anilines is 1. The van der Waals surface area contributed by atoms with Crippen LogP contribution in [-0.4, -0.2) is 20.9 Å². The molecule has 1 N–H and O–H groups in total. The number of rotatable bonds is 4. The molecule has 0 amide bonds. The van der Waals surface area contributed by atoms with E-state index < -0.39 is 35.0 Å². The van der Waals surface area contributed by atoms with Gasteiger partial charge in [0.25, 0.3) is 0 Å². The van der Waals surface area contributed by atoms with Crippen molar-refractivity contribution in [2.75, 3.05) is 5.32 Å². The van der Waals surface area contributed by atoms with Crippen molar-refractivity contribution in [2.24, 2.45) is 0 Å². The summed E-state index contributed by atoms with van der Waals surface area (Å²) in [4.78, 5) is 17.3. The lowest BCUT2D eigenvalue weighted by molar-refractivity contribution is -0.143. The molecule has 4 aromatic rings. The van der Waals surface area contributed by atoms with E-state index in [2.05, 4.69) is 10.3 Å². The van der Waals surface area contributed by atoms with Crippen LogP contribution < -0.4 is 10.1 Å². The molecule has 5 nitrogen and oxygen atoms in total. The van der Waals surface area contributed by atoms with Crippen LogP contribution in [0.2, 0.25) is 0 Å². The Morgan fingerprint density at radius 1 is 0.865 bits per heavy atom. The maximum absolute atomic E-state index is 13.2. The zero-order valence-electron chi connectivity index (χ0n) is 19.8. The Morgan fingerprint density at radius 2 is 1.51 bits per heavy atom. The molecule has 11 heteroatoms. The number of hydrogen-bond acceptors (Lipinski definition) is 4. The molecule has 0 aliphatic heterocycles. The number of fused-ring (bicyclic) bond motifs is 1. The van der Waals surface area contributed by atoms with Crippen LogP contribution in [0, 0.1) is 0 Å². The molecule has 0 radical (unpaired) electrons. The lowest BCUT2D eigenvalue weighted by Gasteiger charge is -2.22. The van der Waals surface area contributed by atoms with Gasteiger partial charge in [0.1, 0.15) is 22.9 Å². The van der Waals surface area contributed by atoms with Crippen molar-refractivity contribution in [1.29, 1.82) is 0 Å². The van der Waals surface area contributed by atoms with Gasteiger partial charge in [0.15, 0.2) is 0 Å². The Morgan fingerprint density at radius 3 is 2.11 bits per heavy atom. The highest BCUT2D eigenvalue weighted by Gasteiger charge is 2.37. The van der Waals surface area contributed by atoms with Gasteiger partial charge in [-0.1, -0.05) is 18.2 Å². The first kappa shape index (κ1) is 26.1. The first-order chi connectivity index (χ1) is 17.1. The first-order valence-electron chi connectivity index (χ1n) is 11.0. The highest BCUT2D eigenvalue weighted by atomic mass is 19.4. The normalized spacial score (nSPS) is 12.6. The SMILES string of the molecule is CC(C)(C)Nc1c(-c2cccc(OC(=O)c3cc(C(F)(F)F)cc(C(F)(F)F)c3)c2)nc2ccccn12. The number of ether oxygens (including phenoxy) is 1. The summed E-state index contributed by atoms with van der Waals surface area (Å²) < 4.78 is 86.1. The molecule has 0 aliphatic rings. The zero-order chi connectivity index (χ0) is 27.2. The number of halogens is 6. The second-order valence-electron chi connectivity index (χ2n) is 9.32. The van der Waals surface area contributed by atoms with E-state index in [4.69, 9.17) is 4.74 Å². The van der Waals surface area contributed by atoms with E-state index in [1.165, 1.54) is 18.2 Å². The van der Waals surface area contributed by atoms with E-state index in [0.29, 0.717) is 34.9 Å². The van der Waals surface area contributed by atoms with Crippen LogP contribution in [0.25, 0.3) is 16.9 Å². The van der Waals surface area contributed by atoms with Crippen LogP contribution in [0.5, 0.6) is 5.75 Å². The second kappa shape index (κ2) is 9.13. The van der Waals surface area contributed by atoms with Crippen molar-refractivity contribution in [2.45, 2.75) is 38.7 Å². The van der Waals surface area contributed by atoms with Gasteiger partial charge in [-0.25, -0.2) is 9.78 Å². The van der Waals surface area contributed by atoms with Gasteiger partial charge in [-0.15, -0.1) is 0 Å². The average Bonchev–Trinajstić information content (AvgIpc) is 3.15. The Bertz CT molecular complexity index is 1430. The van der Waals surface area contributed by atoms with Crippen molar-refractivity contribution in [1.82, 2.24) is 9.38 Å². The zero-order valence-corrected chi connectivity index (χ0v) is 19.8. The quantitative estimate of drug-likeness (QED) is 0.172. The summed E-state index contributed by atoms with van der Waals surface area (Å²) >= 11 is 0. The third-order valence-corrected chi connectivity index (χ3v) is 5.16. The smallest absolute Gasteiger partial charge is 0.416 e. The van der Waals surface area contributed by atoms with Gasteiger partial charge in [-0.05, 0) is 63.2 Å². The van der Waals surface area contributed by atoms with Crippen LogP contribution in [0.1, 0.15) is 42.3 Å². The number of pyridine rings is 1. The van der Waals surface area contributed by atoms with Gasteiger partial charge in [0.2, 0.25) is 0 Å². The predicted octanol–water partition coefficient (Wildman–Crippen LogP) is 7.47. The van der Waals surface area contributed by atoms with E-state index in [0.717, 1.165) is 0 Å². The number of carbonyl (C=O) groups excluding carboxylic acids is 1. The monoisotopic (exact) mass is 521 g/mol. The summed E-state index contributed by atoms with van der Waals surface area (Å²) in [7, 11) is 0. The Labute approximate surface area is 207 Å².